The number of hydrogen-bond donors (Lipinski definition) is 0. The van der Waals surface area contributed by atoms with E-state index in [1.807, 2.05) is 11.3 Å². The number of nitrogens with zero attached hydrogens (tertiary/aromatic N) is 3. The molecule has 14 aromatic rings. The molecule has 15 rings (SSSR count). The lowest BCUT2D eigenvalue weighted by Gasteiger charge is -2.37. The van der Waals surface area contributed by atoms with Gasteiger partial charge in [0.25, 0.3) is 0 Å². The molecule has 0 saturated heterocycles. The first-order valence-electron chi connectivity index (χ1n) is 34.9. The minimum absolute atomic E-state index is 0.00617. The highest BCUT2D eigenvalue weighted by molar-refractivity contribution is 7.26. The average molecular weight is 1310 g/mol. The molecule has 0 saturated carbocycles. The van der Waals surface area contributed by atoms with E-state index >= 15 is 0 Å². The second-order valence-corrected chi connectivity index (χ2v) is 38.4. The second kappa shape index (κ2) is 23.8. The molecule has 6 heteroatoms. The summed E-state index contributed by atoms with van der Waals surface area (Å²) in [5.74, 6) is 0. The van der Waals surface area contributed by atoms with Crippen LogP contribution >= 0.6 is 11.3 Å². The zero-order valence-corrected chi connectivity index (χ0v) is 61.4. The fraction of sp³-hybridized carbons (Fsp3) is 0.217. The van der Waals surface area contributed by atoms with E-state index in [9.17, 15) is 0 Å². The summed E-state index contributed by atoms with van der Waals surface area (Å²) in [7, 11) is -1.83. The Bertz CT molecular complexity index is 5000. The van der Waals surface area contributed by atoms with Crippen molar-refractivity contribution in [2.24, 2.45) is 0 Å². The highest BCUT2D eigenvalue weighted by atomic mass is 32.1. The Morgan fingerprint density at radius 3 is 1.12 bits per heavy atom. The number of hydrogen-bond acceptors (Lipinski definition) is 5. The van der Waals surface area contributed by atoms with E-state index < -0.39 is 13.5 Å². The predicted octanol–water partition coefficient (Wildman–Crippen LogP) is 26.5. The number of benzene rings is 12. The van der Waals surface area contributed by atoms with Crippen molar-refractivity contribution in [3.05, 3.63) is 311 Å². The van der Waals surface area contributed by atoms with Crippen LogP contribution in [0.4, 0.5) is 51.2 Å². The SMILES string of the molecule is CC(C)(C)c1ccc(N(c2ccc(C(C)(C)C)cc2)c2ccc(C3(c4ccc([Si](C)(C)C)cc4)c4cc(N(c5ccccc5)c5ccc(C(C)(C)C)cc5)c5oc6ccccc6c5c4-c4c3cc(N(c3ccccc3)c3ccc(C(C)(C)C)cc3)c3sc5ccccc5c43)cc2)cc1. The Balaban J connectivity index is 1.12. The number of anilines is 9. The maximum absolute atomic E-state index is 7.58. The minimum Gasteiger partial charge on any atom is -0.454 e. The van der Waals surface area contributed by atoms with Crippen molar-refractivity contribution in [2.45, 2.75) is 130 Å². The largest absolute Gasteiger partial charge is 0.454 e. The molecule has 4 nitrogen and oxygen atoms in total. The van der Waals surface area contributed by atoms with E-state index in [-0.39, 0.29) is 21.7 Å². The average Bonchev–Trinajstić information content (AvgIpc) is 1.50. The number of fused-ring (bicyclic) bond motifs is 11. The third-order valence-electron chi connectivity index (χ3n) is 20.5. The summed E-state index contributed by atoms with van der Waals surface area (Å²) in [6.45, 7) is 34.9. The first kappa shape index (κ1) is 64.3. The lowest BCUT2D eigenvalue weighted by atomic mass is 9.67. The molecule has 1 unspecified atom stereocenters. The van der Waals surface area contributed by atoms with E-state index in [4.69, 9.17) is 4.42 Å². The molecule has 488 valence electrons. The summed E-state index contributed by atoms with van der Waals surface area (Å²) in [5.41, 5.74) is 22.6. The quantitative estimate of drug-likeness (QED) is 0.114. The maximum atomic E-state index is 7.58. The number of furan rings is 1. The van der Waals surface area contributed by atoms with Crippen LogP contribution in [0.2, 0.25) is 19.6 Å². The minimum atomic E-state index is -1.83. The molecule has 0 bridgehead atoms. The molecule has 1 aliphatic carbocycles. The van der Waals surface area contributed by atoms with Gasteiger partial charge in [0, 0.05) is 66.1 Å². The van der Waals surface area contributed by atoms with Gasteiger partial charge in [-0.05, 0) is 186 Å². The van der Waals surface area contributed by atoms with Crippen molar-refractivity contribution in [3.63, 3.8) is 0 Å². The molecular formula is C92H89N3OSSi. The van der Waals surface area contributed by atoms with Gasteiger partial charge in [-0.1, -0.05) is 266 Å². The van der Waals surface area contributed by atoms with Crippen LogP contribution in [-0.2, 0) is 27.1 Å². The lowest BCUT2D eigenvalue weighted by molar-refractivity contribution is 0.590. The van der Waals surface area contributed by atoms with Crippen LogP contribution in [-0.4, -0.2) is 8.07 Å². The Kier molecular flexibility index (Phi) is 15.6. The van der Waals surface area contributed by atoms with Gasteiger partial charge >= 0.3 is 0 Å². The molecule has 1 atom stereocenters. The van der Waals surface area contributed by atoms with E-state index in [0.717, 1.165) is 78.7 Å². The molecular weight excluding hydrogens is 1220 g/mol. The smallest absolute Gasteiger partial charge is 0.160 e. The standard InChI is InChI=1S/C92H89N3OSSi/c1-88(2,3)60-34-46-68(47-35-60)93(69-48-36-61(37-49-69)89(4,5)6)70-54-42-64(43-55-70)92(65-44-56-73(57-45-65)98(13,14)15)76-58-78(94(66-26-18-16-19-27-66)71-50-38-62(39-51-71)90(7,8)9)86-82(74-30-22-24-32-80(74)96-86)84(76)85-77(92)59-79(87-83(85)75-31-23-25-33-81(75)97-87)95(67-28-20-17-21-29-67)72-52-40-63(41-53-72)91(10,11)12/h16-59H,1-15H3. The zero-order valence-electron chi connectivity index (χ0n) is 59.6. The summed E-state index contributed by atoms with van der Waals surface area (Å²) < 4.78 is 10.0. The molecule has 0 radical (unpaired) electrons. The van der Waals surface area contributed by atoms with Gasteiger partial charge in [0.2, 0.25) is 0 Å². The number of para-hydroxylation sites is 3. The van der Waals surface area contributed by atoms with Crippen LogP contribution in [0.5, 0.6) is 0 Å². The van der Waals surface area contributed by atoms with Crippen LogP contribution in [0, 0.1) is 0 Å². The molecule has 2 aromatic heterocycles. The Morgan fingerprint density at radius 2 is 0.684 bits per heavy atom. The van der Waals surface area contributed by atoms with Crippen molar-refractivity contribution in [1.29, 1.82) is 0 Å². The molecule has 1 aliphatic rings. The van der Waals surface area contributed by atoms with Crippen LogP contribution in [0.1, 0.15) is 128 Å². The fourth-order valence-electron chi connectivity index (χ4n) is 15.1. The summed E-state index contributed by atoms with van der Waals surface area (Å²) in [6.07, 6.45) is 0. The Hall–Kier alpha value is -9.72. The van der Waals surface area contributed by atoms with Gasteiger partial charge < -0.3 is 19.1 Å². The van der Waals surface area contributed by atoms with E-state index in [1.54, 1.807) is 0 Å². The highest BCUT2D eigenvalue weighted by Crippen LogP contribution is 2.65. The van der Waals surface area contributed by atoms with E-state index in [0.29, 0.717) is 0 Å². The first-order valence-corrected chi connectivity index (χ1v) is 39.2. The second-order valence-electron chi connectivity index (χ2n) is 32.2. The third kappa shape index (κ3) is 11.1. The summed E-state index contributed by atoms with van der Waals surface area (Å²) in [5, 5.41) is 6.06. The Morgan fingerprint density at radius 1 is 0.337 bits per heavy atom. The van der Waals surface area contributed by atoms with Crippen LogP contribution in [0.15, 0.2) is 271 Å². The predicted molar refractivity (Wildman–Crippen MR) is 426 cm³/mol. The molecule has 2 heterocycles. The van der Waals surface area contributed by atoms with Gasteiger partial charge in [0.15, 0.2) is 5.58 Å². The Labute approximate surface area is 585 Å². The van der Waals surface area contributed by atoms with E-state index in [1.165, 1.54) is 75.4 Å². The first-order chi connectivity index (χ1) is 46.8. The summed E-state index contributed by atoms with van der Waals surface area (Å²) in [4.78, 5) is 7.43. The molecule has 0 aliphatic heterocycles. The van der Waals surface area contributed by atoms with Crippen molar-refractivity contribution >= 4 is 118 Å². The molecule has 98 heavy (non-hydrogen) atoms. The van der Waals surface area contributed by atoms with Gasteiger partial charge in [-0.15, -0.1) is 11.3 Å². The van der Waals surface area contributed by atoms with Gasteiger partial charge in [0.05, 0.1) is 29.6 Å². The lowest BCUT2D eigenvalue weighted by Crippen LogP contribution is -2.38. The van der Waals surface area contributed by atoms with Gasteiger partial charge in [-0.2, -0.15) is 0 Å². The van der Waals surface area contributed by atoms with Gasteiger partial charge in [0.1, 0.15) is 5.58 Å². The zero-order chi connectivity index (χ0) is 68.4. The van der Waals surface area contributed by atoms with Crippen molar-refractivity contribution in [2.75, 3.05) is 14.7 Å². The summed E-state index contributed by atoms with van der Waals surface area (Å²) in [6, 6.07) is 102. The molecule has 0 N–H and O–H groups in total. The normalized spacial score (nSPS) is 14.3. The number of thiophene rings is 1. The van der Waals surface area contributed by atoms with Crippen LogP contribution in [0.25, 0.3) is 53.2 Å². The monoisotopic (exact) mass is 1310 g/mol. The summed E-state index contributed by atoms with van der Waals surface area (Å²) >= 11 is 1.90. The maximum Gasteiger partial charge on any atom is 0.160 e. The topological polar surface area (TPSA) is 22.9 Å². The molecule has 0 fully saturated rings. The van der Waals surface area contributed by atoms with Crippen LogP contribution in [0.3, 0.4) is 0 Å². The van der Waals surface area contributed by atoms with Crippen molar-refractivity contribution < 1.29 is 4.42 Å². The van der Waals surface area contributed by atoms with Gasteiger partial charge in [-0.3, -0.25) is 0 Å². The van der Waals surface area contributed by atoms with Crippen molar-refractivity contribution in [1.82, 2.24) is 0 Å². The fourth-order valence-corrected chi connectivity index (χ4v) is 17.5. The van der Waals surface area contributed by atoms with Gasteiger partial charge in [-0.25, -0.2) is 0 Å². The number of rotatable bonds is 12. The molecule has 12 aromatic carbocycles. The molecule has 0 amide bonds. The van der Waals surface area contributed by atoms with Crippen molar-refractivity contribution in [3.8, 4) is 11.1 Å². The van der Waals surface area contributed by atoms with Crippen LogP contribution < -0.4 is 19.9 Å². The third-order valence-corrected chi connectivity index (χ3v) is 23.8. The van der Waals surface area contributed by atoms with E-state index in [2.05, 4.69) is 384 Å². The molecule has 0 spiro atoms. The highest BCUT2D eigenvalue weighted by Gasteiger charge is 2.50.